The van der Waals surface area contributed by atoms with Crippen LogP contribution in [0.3, 0.4) is 0 Å². The number of hydrogen-bond acceptors (Lipinski definition) is 6. The molecule has 4 amide bonds. The number of carbonyl (C=O) groups excluding carboxylic acids is 3. The van der Waals surface area contributed by atoms with Crippen LogP contribution in [-0.2, 0) is 20.9 Å². The molecule has 4 atom stereocenters. The Morgan fingerprint density at radius 3 is 2.48 bits per heavy atom. The van der Waals surface area contributed by atoms with Crippen LogP contribution in [0.2, 0.25) is 0 Å². The molecule has 10 heteroatoms. The molecular weight excluding hydrogens is 426 g/mol. The third kappa shape index (κ3) is 4.05. The van der Waals surface area contributed by atoms with Gasteiger partial charge in [0, 0.05) is 12.7 Å². The number of likely N-dealkylation sites (tertiary alicyclic amines) is 1. The van der Waals surface area contributed by atoms with E-state index in [9.17, 15) is 24.3 Å². The normalized spacial score (nSPS) is 26.3. The summed E-state index contributed by atoms with van der Waals surface area (Å²) in [6.45, 7) is 0.215. The number of pyridine rings is 1. The second-order valence-electron chi connectivity index (χ2n) is 8.30. The van der Waals surface area contributed by atoms with Gasteiger partial charge in [-0.25, -0.2) is 4.79 Å². The fourth-order valence-electron chi connectivity index (χ4n) is 4.91. The molecule has 1 aromatic heterocycles. The molecule has 2 aromatic rings. The van der Waals surface area contributed by atoms with Gasteiger partial charge in [0.05, 0.1) is 30.1 Å². The number of aliphatic carboxylic acids is 1. The molecule has 2 saturated heterocycles. The van der Waals surface area contributed by atoms with E-state index in [1.807, 2.05) is 30.3 Å². The van der Waals surface area contributed by atoms with E-state index in [0.29, 0.717) is 5.69 Å². The third-order valence-electron chi connectivity index (χ3n) is 6.36. The number of urea groups is 1. The molecule has 10 nitrogen and oxygen atoms in total. The van der Waals surface area contributed by atoms with Crippen molar-refractivity contribution >= 4 is 23.8 Å². The average molecular weight is 451 g/mol. The number of benzene rings is 1. The van der Waals surface area contributed by atoms with E-state index in [0.717, 1.165) is 10.5 Å². The first-order valence-corrected chi connectivity index (χ1v) is 10.7. The van der Waals surface area contributed by atoms with Gasteiger partial charge < -0.3 is 16.2 Å². The van der Waals surface area contributed by atoms with E-state index in [1.165, 1.54) is 0 Å². The van der Waals surface area contributed by atoms with Gasteiger partial charge in [-0.2, -0.15) is 0 Å². The van der Waals surface area contributed by atoms with Crippen LogP contribution in [0.5, 0.6) is 0 Å². The summed E-state index contributed by atoms with van der Waals surface area (Å²) in [6, 6.07) is 12.8. The van der Waals surface area contributed by atoms with Gasteiger partial charge in [-0.05, 0) is 30.5 Å². The molecule has 2 aliphatic rings. The van der Waals surface area contributed by atoms with Crippen LogP contribution in [0.15, 0.2) is 54.7 Å². The highest BCUT2D eigenvalue weighted by atomic mass is 16.4. The first-order chi connectivity index (χ1) is 15.8. The Bertz CT molecular complexity index is 1060. The Morgan fingerprint density at radius 1 is 1.12 bits per heavy atom. The summed E-state index contributed by atoms with van der Waals surface area (Å²) in [5.74, 6) is -4.18. The molecule has 4 unspecified atom stereocenters. The van der Waals surface area contributed by atoms with Gasteiger partial charge in [0.2, 0.25) is 11.8 Å². The van der Waals surface area contributed by atoms with Gasteiger partial charge in [0.15, 0.2) is 0 Å². The Balaban J connectivity index is 1.70. The fraction of sp³-hybridized carbons (Fsp3) is 0.348. The van der Waals surface area contributed by atoms with Gasteiger partial charge in [0.25, 0.3) is 0 Å². The second kappa shape index (κ2) is 8.99. The number of nitrogens with one attached hydrogen (secondary N) is 2. The lowest BCUT2D eigenvalue weighted by atomic mass is 9.77. The van der Waals surface area contributed by atoms with E-state index in [-0.39, 0.29) is 25.9 Å². The zero-order valence-electron chi connectivity index (χ0n) is 17.8. The molecule has 0 spiro atoms. The van der Waals surface area contributed by atoms with Crippen molar-refractivity contribution in [3.63, 3.8) is 0 Å². The number of rotatable bonds is 8. The Kier molecular flexibility index (Phi) is 6.10. The van der Waals surface area contributed by atoms with E-state index in [2.05, 4.69) is 15.6 Å². The third-order valence-corrected chi connectivity index (χ3v) is 6.36. The van der Waals surface area contributed by atoms with E-state index >= 15 is 0 Å². The van der Waals surface area contributed by atoms with Crippen molar-refractivity contribution in [1.29, 1.82) is 0 Å². The summed E-state index contributed by atoms with van der Waals surface area (Å²) in [5.41, 5.74) is 4.67. The lowest BCUT2D eigenvalue weighted by Crippen LogP contribution is -2.56. The first-order valence-electron chi connectivity index (χ1n) is 10.7. The highest BCUT2D eigenvalue weighted by Crippen LogP contribution is 2.50. The number of amides is 4. The van der Waals surface area contributed by atoms with Crippen LogP contribution in [0.4, 0.5) is 4.79 Å². The molecule has 0 aliphatic carbocycles. The number of hydrogen-bond donors (Lipinski definition) is 4. The maximum Gasteiger partial charge on any atom is 0.324 e. The largest absolute Gasteiger partial charge is 0.480 e. The standard InChI is InChI=1S/C23H25N5O5/c24-22(33)26-12-6-10-23(21(31)32)17-16(18(27-23)15-9-4-5-11-25-15)19(29)28(20(17)30)13-14-7-2-1-3-8-14/h1-5,7-9,11,16-18,27H,6,10,12-13H2,(H,31,32)(H3,24,26,33). The zero-order valence-corrected chi connectivity index (χ0v) is 17.8. The van der Waals surface area contributed by atoms with Crippen LogP contribution in [0, 0.1) is 11.8 Å². The summed E-state index contributed by atoms with van der Waals surface area (Å²) in [7, 11) is 0. The van der Waals surface area contributed by atoms with Crippen molar-refractivity contribution in [3.05, 3.63) is 66.0 Å². The van der Waals surface area contributed by atoms with Crippen molar-refractivity contribution in [1.82, 2.24) is 20.5 Å². The molecular formula is C23H25N5O5. The lowest BCUT2D eigenvalue weighted by Gasteiger charge is -2.31. The van der Waals surface area contributed by atoms with Gasteiger partial charge in [-0.3, -0.25) is 29.6 Å². The monoisotopic (exact) mass is 451 g/mol. The van der Waals surface area contributed by atoms with Crippen LogP contribution in [0.1, 0.15) is 30.1 Å². The highest BCUT2D eigenvalue weighted by Gasteiger charge is 2.68. The summed E-state index contributed by atoms with van der Waals surface area (Å²) in [6.07, 6.45) is 1.83. The van der Waals surface area contributed by atoms with Crippen molar-refractivity contribution < 1.29 is 24.3 Å². The van der Waals surface area contributed by atoms with Gasteiger partial charge in [-0.15, -0.1) is 0 Å². The molecule has 172 valence electrons. The number of carboxylic acids is 1. The van der Waals surface area contributed by atoms with Crippen molar-refractivity contribution in [2.75, 3.05) is 6.54 Å². The quantitative estimate of drug-likeness (QED) is 0.342. The minimum absolute atomic E-state index is 0.0192. The SMILES string of the molecule is NC(=O)NCCCC1(C(=O)O)NC(c2ccccn2)C2C(=O)N(Cc3ccccc3)C(=O)C21. The van der Waals surface area contributed by atoms with Gasteiger partial charge >= 0.3 is 12.0 Å². The number of imide groups is 1. The first kappa shape index (κ1) is 22.4. The van der Waals surface area contributed by atoms with E-state index in [1.54, 1.807) is 24.4 Å². The predicted octanol–water partition coefficient (Wildman–Crippen LogP) is 0.799. The smallest absolute Gasteiger partial charge is 0.324 e. The minimum Gasteiger partial charge on any atom is -0.480 e. The molecule has 3 heterocycles. The minimum atomic E-state index is -1.69. The molecule has 1 aromatic carbocycles. The zero-order chi connectivity index (χ0) is 23.6. The summed E-state index contributed by atoms with van der Waals surface area (Å²) in [4.78, 5) is 56.1. The Morgan fingerprint density at radius 2 is 1.85 bits per heavy atom. The molecule has 4 rings (SSSR count). The van der Waals surface area contributed by atoms with Crippen molar-refractivity contribution in [2.45, 2.75) is 31.0 Å². The fourth-order valence-corrected chi connectivity index (χ4v) is 4.91. The number of carbonyl (C=O) groups is 4. The maximum absolute atomic E-state index is 13.5. The Hall–Kier alpha value is -3.79. The number of primary amides is 1. The van der Waals surface area contributed by atoms with Crippen molar-refractivity contribution in [2.24, 2.45) is 17.6 Å². The second-order valence-corrected chi connectivity index (χ2v) is 8.30. The molecule has 0 radical (unpaired) electrons. The molecule has 2 aliphatic heterocycles. The number of nitrogens with zero attached hydrogens (tertiary/aromatic N) is 2. The molecule has 33 heavy (non-hydrogen) atoms. The van der Waals surface area contributed by atoms with Crippen LogP contribution in [-0.4, -0.2) is 50.9 Å². The lowest BCUT2D eigenvalue weighted by molar-refractivity contribution is -0.152. The number of nitrogens with two attached hydrogens (primary N) is 1. The Labute approximate surface area is 190 Å². The number of aromatic nitrogens is 1. The predicted molar refractivity (Wildman–Crippen MR) is 116 cm³/mol. The van der Waals surface area contributed by atoms with E-state index < -0.39 is 47.2 Å². The summed E-state index contributed by atoms with van der Waals surface area (Å²) in [5, 5.41) is 15.8. The number of fused-ring (bicyclic) bond motifs is 1. The van der Waals surface area contributed by atoms with E-state index in [4.69, 9.17) is 5.73 Å². The molecule has 0 bridgehead atoms. The van der Waals surface area contributed by atoms with Gasteiger partial charge in [0.1, 0.15) is 5.54 Å². The average Bonchev–Trinajstić information content (AvgIpc) is 3.28. The van der Waals surface area contributed by atoms with Crippen LogP contribution >= 0.6 is 0 Å². The van der Waals surface area contributed by atoms with Gasteiger partial charge in [-0.1, -0.05) is 36.4 Å². The van der Waals surface area contributed by atoms with Crippen LogP contribution < -0.4 is 16.4 Å². The summed E-state index contributed by atoms with van der Waals surface area (Å²) < 4.78 is 0. The molecule has 5 N–H and O–H groups in total. The maximum atomic E-state index is 13.5. The summed E-state index contributed by atoms with van der Waals surface area (Å²) >= 11 is 0. The molecule has 2 fully saturated rings. The molecule has 0 saturated carbocycles. The topological polar surface area (TPSA) is 155 Å². The van der Waals surface area contributed by atoms with Crippen LogP contribution in [0.25, 0.3) is 0 Å². The number of carboxylic acid groups (broad SMARTS) is 1. The highest BCUT2D eigenvalue weighted by molar-refractivity contribution is 6.09. The van der Waals surface area contributed by atoms with Crippen molar-refractivity contribution in [3.8, 4) is 0 Å².